The molecule has 149 heavy (non-hydrogen) atoms. The maximum atomic E-state index is 13.2. The van der Waals surface area contributed by atoms with Gasteiger partial charge in [0.25, 0.3) is 5.91 Å². The van der Waals surface area contributed by atoms with Crippen molar-refractivity contribution in [3.05, 3.63) is 345 Å². The Kier molecular flexibility index (Phi) is 27.3. The summed E-state index contributed by atoms with van der Waals surface area (Å²) in [6.45, 7) is 28.9. The number of hydrogen-bond donors (Lipinski definition) is 1. The quantitative estimate of drug-likeness (QED) is 0.133. The first kappa shape index (κ1) is 98.4. The largest absolute Gasteiger partial charge is 0.382 e. The van der Waals surface area contributed by atoms with Crippen molar-refractivity contribution in [1.29, 1.82) is 5.26 Å². The number of nitrogen functional groups attached to an aromatic ring is 1. The number of anilines is 11. The predicted octanol–water partition coefficient (Wildman–Crippen LogP) is 21.2. The van der Waals surface area contributed by atoms with Crippen molar-refractivity contribution < 1.29 is 9.53 Å². The monoisotopic (exact) mass is 2060 g/mol. The molecule has 2 N–H and O–H groups in total. The molecule has 6 aliphatic heterocycles. The van der Waals surface area contributed by atoms with Gasteiger partial charge in [-0.2, -0.15) is 20.6 Å². The summed E-state index contributed by atoms with van der Waals surface area (Å²) in [4.78, 5) is 43.7. The van der Waals surface area contributed by atoms with Gasteiger partial charge in [0.05, 0.1) is 112 Å². The number of fused-ring (bicyclic) bond motifs is 15. The highest BCUT2D eigenvalue weighted by atomic mass is 35.5. The van der Waals surface area contributed by atoms with E-state index in [0.717, 1.165) is 218 Å². The van der Waals surface area contributed by atoms with Crippen molar-refractivity contribution in [2.75, 3.05) is 89.3 Å². The van der Waals surface area contributed by atoms with Crippen LogP contribution in [0.1, 0.15) is 144 Å². The number of aromatic nitrogens is 25. The molecule has 0 saturated carbocycles. The molecule has 35 nitrogen and oxygen atoms in total. The molecule has 0 radical (unpaired) electrons. The number of aryl methyl sites for hydroxylation is 7. The number of nitriles is 1. The summed E-state index contributed by atoms with van der Waals surface area (Å²) in [6.07, 6.45) is 13.9. The Balaban J connectivity index is 0.000000109. The van der Waals surface area contributed by atoms with E-state index < -0.39 is 0 Å². The third kappa shape index (κ3) is 19.4. The molecule has 9 aromatic carbocycles. The molecule has 25 rings (SSSR count). The zero-order chi connectivity index (χ0) is 103. The molecule has 19 aromatic rings. The van der Waals surface area contributed by atoms with Crippen LogP contribution in [0.4, 0.5) is 62.8 Å². The van der Waals surface area contributed by atoms with Gasteiger partial charge >= 0.3 is 0 Å². The second-order valence-electron chi connectivity index (χ2n) is 37.9. The number of benzene rings is 9. The van der Waals surface area contributed by atoms with Crippen LogP contribution in [0, 0.1) is 52.9 Å². The number of halogens is 4. The first-order valence-electron chi connectivity index (χ1n) is 49.0. The Bertz CT molecular complexity index is 8200. The lowest BCUT2D eigenvalue weighted by Gasteiger charge is -2.29. The normalized spacial score (nSPS) is 16.1. The van der Waals surface area contributed by atoms with E-state index in [1.165, 1.54) is 6.33 Å². The summed E-state index contributed by atoms with van der Waals surface area (Å²) in [6, 6.07) is 68.8. The van der Waals surface area contributed by atoms with Crippen molar-refractivity contribution in [1.82, 2.24) is 128 Å². The molecule has 39 heteroatoms. The van der Waals surface area contributed by atoms with Crippen molar-refractivity contribution in [3.8, 4) is 73.7 Å². The average Bonchev–Trinajstić information content (AvgIpc) is 1.66. The van der Waals surface area contributed by atoms with Gasteiger partial charge in [0.2, 0.25) is 0 Å². The molecule has 16 heterocycles. The molecule has 6 aliphatic rings. The number of nitrogens with two attached hydrogens (primary N) is 1. The Hall–Kier alpha value is -16.7. The summed E-state index contributed by atoms with van der Waals surface area (Å²) in [7, 11) is 3.88. The van der Waals surface area contributed by atoms with E-state index >= 15 is 0 Å². The molecule has 1 saturated heterocycles. The van der Waals surface area contributed by atoms with Gasteiger partial charge in [0.15, 0.2) is 0 Å². The van der Waals surface area contributed by atoms with Gasteiger partial charge in [-0.1, -0.05) is 99.2 Å². The number of rotatable bonds is 10. The molecule has 1 amide bonds. The van der Waals surface area contributed by atoms with Gasteiger partial charge in [0.1, 0.15) is 88.6 Å². The van der Waals surface area contributed by atoms with Gasteiger partial charge < -0.3 is 39.9 Å². The van der Waals surface area contributed by atoms with Gasteiger partial charge in [-0.15, -0.1) is 51.0 Å². The zero-order valence-electron chi connectivity index (χ0n) is 84.1. The highest BCUT2D eigenvalue weighted by Gasteiger charge is 2.37. The smallest absolute Gasteiger partial charge is 0.254 e. The van der Waals surface area contributed by atoms with Crippen LogP contribution in [-0.2, 0) is 18.8 Å². The molecule has 0 unspecified atom stereocenters. The van der Waals surface area contributed by atoms with Crippen molar-refractivity contribution >= 4 is 115 Å². The van der Waals surface area contributed by atoms with E-state index in [1.807, 2.05) is 198 Å². The van der Waals surface area contributed by atoms with Gasteiger partial charge in [-0.3, -0.25) is 42.0 Å². The second-order valence-corrected chi connectivity index (χ2v) is 39.7. The first-order chi connectivity index (χ1) is 72.1. The van der Waals surface area contributed by atoms with Crippen LogP contribution >= 0.6 is 46.4 Å². The minimum Gasteiger partial charge on any atom is -0.382 e. The van der Waals surface area contributed by atoms with Crippen LogP contribution in [0.2, 0.25) is 20.1 Å². The van der Waals surface area contributed by atoms with Gasteiger partial charge in [-0.25, -0.2) is 19.6 Å². The lowest BCUT2D eigenvalue weighted by atomic mass is 10.0. The molecular weight excluding hydrogens is 1960 g/mol. The predicted molar refractivity (Wildman–Crippen MR) is 579 cm³/mol. The summed E-state index contributed by atoms with van der Waals surface area (Å²) < 4.78 is 21.5. The van der Waals surface area contributed by atoms with E-state index in [1.54, 1.807) is 40.3 Å². The number of morpholine rings is 1. The number of amides is 1. The molecule has 1 fully saturated rings. The van der Waals surface area contributed by atoms with E-state index in [2.05, 4.69) is 254 Å². The number of nitrogens with zero attached hydrogens (tertiary/aromatic N) is 32. The summed E-state index contributed by atoms with van der Waals surface area (Å²) in [5.41, 5.74) is 29.7. The molecule has 0 aliphatic carbocycles. The van der Waals surface area contributed by atoms with E-state index in [-0.39, 0.29) is 35.5 Å². The Morgan fingerprint density at radius 1 is 0.383 bits per heavy atom. The Morgan fingerprint density at radius 3 is 1.17 bits per heavy atom. The van der Waals surface area contributed by atoms with E-state index in [9.17, 15) is 4.79 Å². The van der Waals surface area contributed by atoms with Crippen LogP contribution in [0.25, 0.3) is 67.6 Å². The second kappa shape index (κ2) is 41.3. The molecule has 10 aromatic heterocycles. The maximum absolute atomic E-state index is 13.2. The average molecular weight is 2060 g/mol. The minimum absolute atomic E-state index is 0.0279. The number of hydrogen-bond acceptors (Lipinski definition) is 26. The fraction of sp³-hybridized carbons (Fsp3) is 0.245. The Morgan fingerprint density at radius 2 is 0.779 bits per heavy atom. The third-order valence-corrected chi connectivity index (χ3v) is 28.7. The third-order valence-electron chi connectivity index (χ3n) is 27.7. The van der Waals surface area contributed by atoms with Crippen LogP contribution in [0.5, 0.6) is 0 Å². The molecule has 5 atom stereocenters. The lowest BCUT2D eigenvalue weighted by Crippen LogP contribution is -2.40. The highest BCUT2D eigenvalue weighted by molar-refractivity contribution is 6.31. The fourth-order valence-corrected chi connectivity index (χ4v) is 20.6. The van der Waals surface area contributed by atoms with Crippen LogP contribution in [0.15, 0.2) is 250 Å². The number of carbonyl (C=O) groups is 1. The van der Waals surface area contributed by atoms with Gasteiger partial charge in [0, 0.05) is 173 Å². The van der Waals surface area contributed by atoms with Gasteiger partial charge in [-0.05, 0) is 235 Å². The minimum atomic E-state index is 0.0279. The van der Waals surface area contributed by atoms with E-state index in [4.69, 9.17) is 62.1 Å². The number of pyridine rings is 1. The summed E-state index contributed by atoms with van der Waals surface area (Å²) >= 11 is 24.6. The number of ether oxygens (including phenoxy) is 1. The SMILES string of the molecule is Cc1c(-c2ccc3c(c2)N(c2ccc(Cl)cc2)C[C@@H](C)c2nnc(C)n2-3)cnn1C.Cc1nnc2n1-c1ccc(-c3cnc(N)cn3)cc1N(c1ccc(Cl)cc1)C[C@H]2C.Cc1nnc2n1-c1ccc(-c3cnn(C)c3)cc1N(c1ccc(C#N)cn1)C[C@@H]2C.Cc1nnc2n1-c1ccc(-n3cncn3)cc1N(c1ccc(Cl)cc1)C[C@H]2C.Cc1nnc2n1-c1ccc(C(=O)N3CCOCC3)cc1N(c1ccc(Cl)cc1)C[C@H]2C. The molecule has 0 bridgehead atoms. The molecular formula is C110H105Cl4N33O2. The topological polar surface area (TPSA) is 354 Å². The van der Waals surface area contributed by atoms with Crippen molar-refractivity contribution in [2.45, 2.75) is 106 Å². The first-order valence-corrected chi connectivity index (χ1v) is 50.5. The summed E-state index contributed by atoms with van der Waals surface area (Å²) in [5.74, 6) is 11.1. The standard InChI is InChI=1S/C23H23ClN6.C23H24ClN5O2.C22H20ClN7.C22H20N8.C20H18ClN7/c1-14-13-29(19-8-6-18(24)7-9-19)22-11-17(20-12-25-28(4)15(20)2)5-10-21(22)30-16(3)26-27-23(14)30;1-15-14-28(19-6-4-18(24)5-7-19)21-13-17(23(30)27-9-11-31-12-10-27)3-8-20(21)29-16(2)25-26-22(15)29;1-13-12-29(17-6-4-16(23)5-7-17)20-9-15(18-10-26-21(24)11-25-18)3-8-19(20)30-14(2)27-28-22(13)30;1-14-12-29(21-7-4-16(9-23)10-24-21)20-8-17(18-11-25-28(3)13-18)5-6-19(20)30-15(2)26-27-22(14)30;1-13-10-26(16-5-3-15(21)4-6-16)19-9-17(27-12-22-11-23-27)7-8-18(19)28-14(2)24-25-20(13)28/h5-12,14H,13H2,1-4H3;3-8,13,15H,9-12,14H2,1-2H3;3-11,13H,12H2,1-2H3,(H2,24,26);4-8,10-11,13-14H,12H2,1-3H3;3-9,11-13H,10H2,1-2H3/t14-;15-;13-;14-;13-/m11101/s1. The van der Waals surface area contributed by atoms with Crippen molar-refractivity contribution in [3.63, 3.8) is 0 Å². The van der Waals surface area contributed by atoms with Crippen LogP contribution in [0.3, 0.4) is 0 Å². The fourth-order valence-electron chi connectivity index (χ4n) is 20.1. The zero-order valence-corrected chi connectivity index (χ0v) is 87.2. The van der Waals surface area contributed by atoms with Crippen molar-refractivity contribution in [2.24, 2.45) is 14.1 Å². The number of carbonyl (C=O) groups excluding carboxylic acids is 1. The maximum Gasteiger partial charge on any atom is 0.254 e. The van der Waals surface area contributed by atoms with E-state index in [0.29, 0.717) is 66.4 Å². The Labute approximate surface area is 880 Å². The van der Waals surface area contributed by atoms with Crippen LogP contribution < -0.4 is 30.2 Å². The molecule has 750 valence electrons. The lowest BCUT2D eigenvalue weighted by molar-refractivity contribution is 0.0303. The van der Waals surface area contributed by atoms with Crippen LogP contribution in [-0.4, -0.2) is 193 Å². The highest BCUT2D eigenvalue weighted by Crippen LogP contribution is 2.48. The molecule has 0 spiro atoms. The summed E-state index contributed by atoms with van der Waals surface area (Å²) in [5, 5.41) is 68.9.